The molecule has 0 saturated carbocycles. The van der Waals surface area contributed by atoms with Crippen molar-refractivity contribution in [2.45, 2.75) is 38.6 Å². The zero-order valence-electron chi connectivity index (χ0n) is 17.3. The molecule has 4 aliphatic rings. The number of anilines is 2. The summed E-state index contributed by atoms with van der Waals surface area (Å²) in [6, 6.07) is 6.81. The molecular formula is C23H31N3O3. The summed E-state index contributed by atoms with van der Waals surface area (Å²) in [7, 11) is 0. The number of carbonyl (C=O) groups is 1. The van der Waals surface area contributed by atoms with Crippen molar-refractivity contribution in [3.05, 3.63) is 29.5 Å². The third-order valence-corrected chi connectivity index (χ3v) is 6.78. The van der Waals surface area contributed by atoms with Gasteiger partial charge in [-0.25, -0.2) is 0 Å². The molecule has 0 spiro atoms. The van der Waals surface area contributed by atoms with Gasteiger partial charge >= 0.3 is 0 Å². The van der Waals surface area contributed by atoms with E-state index in [0.29, 0.717) is 13.2 Å². The van der Waals surface area contributed by atoms with Gasteiger partial charge in [-0.15, -0.1) is 0 Å². The number of amides is 1. The Morgan fingerprint density at radius 1 is 1.03 bits per heavy atom. The highest BCUT2D eigenvalue weighted by molar-refractivity contribution is 6.33. The fraction of sp³-hybridized carbons (Fsp3) is 0.609. The number of ether oxygens (including phenoxy) is 2. The van der Waals surface area contributed by atoms with Crippen molar-refractivity contribution in [2.24, 2.45) is 5.92 Å². The highest BCUT2D eigenvalue weighted by atomic mass is 16.5. The Morgan fingerprint density at radius 2 is 1.83 bits per heavy atom. The molecule has 0 aliphatic carbocycles. The van der Waals surface area contributed by atoms with Gasteiger partial charge in [-0.05, 0) is 49.8 Å². The number of piperidine rings is 1. The standard InChI is InChI=1S/C23H31N3O3/c1-16-4-9-25(10-5-16)18-2-3-21-19(14-18)22(20-15-29-13-8-24-20)23(27)26(21)17-6-11-28-12-7-17/h2-3,14,16-17,24H,4-13,15H2,1H3/b22-20-. The zero-order valence-corrected chi connectivity index (χ0v) is 17.3. The molecule has 29 heavy (non-hydrogen) atoms. The van der Waals surface area contributed by atoms with Gasteiger partial charge in [-0.2, -0.15) is 0 Å². The number of hydrogen-bond acceptors (Lipinski definition) is 5. The van der Waals surface area contributed by atoms with Crippen LogP contribution in [0.15, 0.2) is 23.9 Å². The molecule has 3 saturated heterocycles. The molecule has 0 bridgehead atoms. The summed E-state index contributed by atoms with van der Waals surface area (Å²) in [5.74, 6) is 0.914. The number of nitrogens with one attached hydrogen (secondary N) is 1. The van der Waals surface area contributed by atoms with Crippen LogP contribution in [0.25, 0.3) is 5.57 Å². The van der Waals surface area contributed by atoms with Crippen LogP contribution in [0.1, 0.15) is 38.2 Å². The number of morpholine rings is 1. The van der Waals surface area contributed by atoms with Crippen LogP contribution in [0.3, 0.4) is 0 Å². The molecule has 3 fully saturated rings. The van der Waals surface area contributed by atoms with Crippen molar-refractivity contribution in [1.29, 1.82) is 0 Å². The highest BCUT2D eigenvalue weighted by Crippen LogP contribution is 2.43. The Kier molecular flexibility index (Phi) is 5.22. The van der Waals surface area contributed by atoms with E-state index in [9.17, 15) is 4.79 Å². The van der Waals surface area contributed by atoms with Crippen LogP contribution >= 0.6 is 0 Å². The Labute approximate surface area is 172 Å². The Balaban J connectivity index is 1.54. The van der Waals surface area contributed by atoms with Crippen molar-refractivity contribution < 1.29 is 14.3 Å². The second-order valence-electron chi connectivity index (χ2n) is 8.72. The van der Waals surface area contributed by atoms with E-state index in [1.807, 2.05) is 4.90 Å². The van der Waals surface area contributed by atoms with Gasteiger partial charge in [0.15, 0.2) is 0 Å². The average molecular weight is 398 g/mol. The third-order valence-electron chi connectivity index (χ3n) is 6.78. The van der Waals surface area contributed by atoms with Gasteiger partial charge in [0.25, 0.3) is 5.91 Å². The largest absolute Gasteiger partial charge is 0.383 e. The van der Waals surface area contributed by atoms with Crippen molar-refractivity contribution in [3.8, 4) is 0 Å². The minimum atomic E-state index is 0.115. The molecule has 0 unspecified atom stereocenters. The molecule has 1 aromatic rings. The van der Waals surface area contributed by atoms with Gasteiger partial charge in [0, 0.05) is 50.1 Å². The summed E-state index contributed by atoms with van der Waals surface area (Å²) in [4.78, 5) is 18.1. The summed E-state index contributed by atoms with van der Waals surface area (Å²) in [6.45, 7) is 7.88. The fourth-order valence-corrected chi connectivity index (χ4v) is 5.00. The lowest BCUT2D eigenvalue weighted by molar-refractivity contribution is -0.113. The first-order valence-corrected chi connectivity index (χ1v) is 11.1. The maximum absolute atomic E-state index is 13.6. The Morgan fingerprint density at radius 3 is 2.55 bits per heavy atom. The quantitative estimate of drug-likeness (QED) is 0.778. The number of nitrogens with zero attached hydrogens (tertiary/aromatic N) is 2. The lowest BCUT2D eigenvalue weighted by Crippen LogP contribution is -2.42. The van der Waals surface area contributed by atoms with E-state index in [1.54, 1.807) is 0 Å². The van der Waals surface area contributed by atoms with Crippen LogP contribution < -0.4 is 15.1 Å². The molecule has 1 N–H and O–H groups in total. The summed E-state index contributed by atoms with van der Waals surface area (Å²) < 4.78 is 11.2. The van der Waals surface area contributed by atoms with E-state index in [-0.39, 0.29) is 11.9 Å². The summed E-state index contributed by atoms with van der Waals surface area (Å²) in [5, 5.41) is 3.43. The van der Waals surface area contributed by atoms with Crippen molar-refractivity contribution in [2.75, 3.05) is 55.9 Å². The zero-order chi connectivity index (χ0) is 19.8. The maximum atomic E-state index is 13.6. The molecule has 6 nitrogen and oxygen atoms in total. The predicted molar refractivity (Wildman–Crippen MR) is 114 cm³/mol. The lowest BCUT2D eigenvalue weighted by atomic mass is 9.98. The summed E-state index contributed by atoms with van der Waals surface area (Å²) >= 11 is 0. The van der Waals surface area contributed by atoms with Gasteiger partial charge in [-0.3, -0.25) is 4.79 Å². The summed E-state index contributed by atoms with van der Waals surface area (Å²) in [5.41, 5.74) is 5.07. The fourth-order valence-electron chi connectivity index (χ4n) is 5.00. The molecule has 1 amide bonds. The van der Waals surface area contributed by atoms with Crippen LogP contribution in [-0.4, -0.2) is 58.0 Å². The first-order valence-electron chi connectivity index (χ1n) is 11.1. The monoisotopic (exact) mass is 397 g/mol. The normalized spacial score (nSPS) is 26.6. The summed E-state index contributed by atoms with van der Waals surface area (Å²) in [6.07, 6.45) is 4.24. The van der Waals surface area contributed by atoms with Crippen LogP contribution in [0.2, 0.25) is 0 Å². The molecule has 4 aliphatic heterocycles. The first kappa shape index (κ1) is 18.9. The number of benzene rings is 1. The molecule has 5 rings (SSSR count). The van der Waals surface area contributed by atoms with Crippen LogP contribution in [0.4, 0.5) is 11.4 Å². The molecular weight excluding hydrogens is 366 g/mol. The minimum absolute atomic E-state index is 0.115. The topological polar surface area (TPSA) is 54.0 Å². The van der Waals surface area contributed by atoms with E-state index < -0.39 is 0 Å². The van der Waals surface area contributed by atoms with Crippen LogP contribution in [0.5, 0.6) is 0 Å². The molecule has 4 heterocycles. The maximum Gasteiger partial charge on any atom is 0.261 e. The predicted octanol–water partition coefficient (Wildman–Crippen LogP) is 2.78. The van der Waals surface area contributed by atoms with Crippen molar-refractivity contribution >= 4 is 22.9 Å². The second kappa shape index (κ2) is 8.00. The first-order chi connectivity index (χ1) is 14.2. The van der Waals surface area contributed by atoms with Gasteiger partial charge in [0.05, 0.1) is 30.2 Å². The average Bonchev–Trinajstić information content (AvgIpc) is 3.06. The number of carbonyl (C=O) groups excluding carboxylic acids is 1. The third kappa shape index (κ3) is 3.53. The van der Waals surface area contributed by atoms with Crippen LogP contribution in [0, 0.1) is 5.92 Å². The minimum Gasteiger partial charge on any atom is -0.383 e. The van der Waals surface area contributed by atoms with Crippen molar-refractivity contribution in [3.63, 3.8) is 0 Å². The highest BCUT2D eigenvalue weighted by Gasteiger charge is 2.40. The Bertz CT molecular complexity index is 800. The molecule has 0 atom stereocenters. The molecule has 6 heteroatoms. The van der Waals surface area contributed by atoms with Gasteiger partial charge in [-0.1, -0.05) is 6.92 Å². The van der Waals surface area contributed by atoms with Crippen molar-refractivity contribution in [1.82, 2.24) is 5.32 Å². The van der Waals surface area contributed by atoms with Crippen LogP contribution in [-0.2, 0) is 14.3 Å². The number of hydrogen-bond donors (Lipinski definition) is 1. The van der Waals surface area contributed by atoms with E-state index in [0.717, 1.165) is 74.1 Å². The van der Waals surface area contributed by atoms with E-state index in [2.05, 4.69) is 35.3 Å². The lowest BCUT2D eigenvalue weighted by Gasteiger charge is -2.33. The van der Waals surface area contributed by atoms with E-state index in [1.165, 1.54) is 18.5 Å². The van der Waals surface area contributed by atoms with Gasteiger partial charge in [0.1, 0.15) is 0 Å². The number of rotatable bonds is 2. The van der Waals surface area contributed by atoms with E-state index in [4.69, 9.17) is 9.47 Å². The number of fused-ring (bicyclic) bond motifs is 1. The molecule has 1 aromatic carbocycles. The van der Waals surface area contributed by atoms with Gasteiger partial charge < -0.3 is 24.6 Å². The molecule has 156 valence electrons. The van der Waals surface area contributed by atoms with Gasteiger partial charge in [0.2, 0.25) is 0 Å². The van der Waals surface area contributed by atoms with E-state index >= 15 is 0 Å². The SMILES string of the molecule is CC1CCN(c2ccc3c(c2)/C(=C2\COCCN2)C(=O)N3C2CCOCC2)CC1. The second-order valence-corrected chi connectivity index (χ2v) is 8.72. The smallest absolute Gasteiger partial charge is 0.261 e. The molecule has 0 radical (unpaired) electrons. The Hall–Kier alpha value is -2.05. The molecule has 0 aromatic heterocycles.